The van der Waals surface area contributed by atoms with E-state index >= 15 is 0 Å². The molecule has 0 radical (unpaired) electrons. The van der Waals surface area contributed by atoms with Gasteiger partial charge < -0.3 is 4.74 Å². The highest BCUT2D eigenvalue weighted by molar-refractivity contribution is 8.00. The second kappa shape index (κ2) is 11.3. The third-order valence-electron chi connectivity index (χ3n) is 4.63. The van der Waals surface area contributed by atoms with Crippen molar-refractivity contribution in [3.8, 4) is 0 Å². The molecule has 1 fully saturated rings. The van der Waals surface area contributed by atoms with Crippen molar-refractivity contribution in [1.82, 2.24) is 15.2 Å². The van der Waals surface area contributed by atoms with Crippen LogP contribution in [0.4, 0.5) is 0 Å². The molecule has 2 N–H and O–H groups in total. The van der Waals surface area contributed by atoms with Crippen molar-refractivity contribution in [2.75, 3.05) is 32.1 Å². The number of thioether (sulfide) groups is 1. The number of hydrazine groups is 1. The fourth-order valence-corrected chi connectivity index (χ4v) is 4.96. The van der Waals surface area contributed by atoms with Gasteiger partial charge in [0.2, 0.25) is 15.9 Å². The van der Waals surface area contributed by atoms with Crippen LogP contribution in [0.2, 0.25) is 0 Å². The van der Waals surface area contributed by atoms with Gasteiger partial charge in [0.15, 0.2) is 0 Å². The Morgan fingerprint density at radius 1 is 1.03 bits per heavy atom. The van der Waals surface area contributed by atoms with Crippen LogP contribution in [0, 0.1) is 6.92 Å². The molecule has 8 nitrogen and oxygen atoms in total. The molecule has 0 bridgehead atoms. The zero-order valence-corrected chi connectivity index (χ0v) is 19.2. The number of hydrogen-bond acceptors (Lipinski definition) is 6. The summed E-state index contributed by atoms with van der Waals surface area (Å²) >= 11 is 1.37. The second-order valence-electron chi connectivity index (χ2n) is 7.06. The van der Waals surface area contributed by atoms with E-state index in [1.54, 1.807) is 12.1 Å². The predicted molar refractivity (Wildman–Crippen MR) is 123 cm³/mol. The van der Waals surface area contributed by atoms with Gasteiger partial charge in [-0.3, -0.25) is 20.4 Å². The maximum Gasteiger partial charge on any atom is 0.262 e. The molecule has 1 heterocycles. The van der Waals surface area contributed by atoms with E-state index < -0.39 is 15.9 Å². The van der Waals surface area contributed by atoms with Gasteiger partial charge in [0.1, 0.15) is 0 Å². The van der Waals surface area contributed by atoms with Crippen molar-refractivity contribution in [2.24, 2.45) is 0 Å². The molecule has 32 heavy (non-hydrogen) atoms. The van der Waals surface area contributed by atoms with Crippen LogP contribution in [-0.2, 0) is 24.3 Å². The van der Waals surface area contributed by atoms with Crippen molar-refractivity contribution in [3.63, 3.8) is 0 Å². The average molecular weight is 476 g/mol. The Balaban J connectivity index is 1.45. The molecule has 1 saturated heterocycles. The number of aryl methyl sites for hydroxylation is 1. The number of ether oxygens (including phenoxy) is 1. The highest BCUT2D eigenvalue weighted by Crippen LogP contribution is 2.19. The first-order valence-electron chi connectivity index (χ1n) is 9.99. The minimum Gasteiger partial charge on any atom is -0.379 e. The molecule has 2 amide bonds. The molecule has 1 aliphatic heterocycles. The summed E-state index contributed by atoms with van der Waals surface area (Å²) in [7, 11) is -3.56. The molecule has 10 heteroatoms. The lowest BCUT2D eigenvalue weighted by Crippen LogP contribution is -2.41. The van der Waals surface area contributed by atoms with Gasteiger partial charge in [-0.1, -0.05) is 29.8 Å². The Hall–Kier alpha value is -2.66. The summed E-state index contributed by atoms with van der Waals surface area (Å²) in [5.74, 6) is -0.648. The number of carbonyl (C=O) groups is 2. The van der Waals surface area contributed by atoms with Crippen LogP contribution in [0.1, 0.15) is 11.1 Å². The summed E-state index contributed by atoms with van der Waals surface area (Å²) in [5, 5.41) is 0. The first kappa shape index (κ1) is 24.0. The molecule has 170 valence electrons. The van der Waals surface area contributed by atoms with Crippen LogP contribution in [0.25, 0.3) is 6.08 Å². The fourth-order valence-electron chi connectivity index (χ4n) is 2.85. The standard InChI is InChI=1S/C22H25N3O5S2/c1-17-2-7-19(8-3-17)31-16-22(27)24-23-21(26)11-6-18-4-9-20(10-5-18)32(28,29)25-12-14-30-15-13-25/h2-11H,12-16H2,1H3,(H,23,26)(H,24,27)/b11-6+. The number of amides is 2. The van der Waals surface area contributed by atoms with E-state index in [9.17, 15) is 18.0 Å². The number of rotatable bonds is 7. The number of nitrogens with one attached hydrogen (secondary N) is 2. The number of nitrogens with zero attached hydrogens (tertiary/aromatic N) is 1. The highest BCUT2D eigenvalue weighted by Gasteiger charge is 2.25. The Morgan fingerprint density at radius 3 is 2.34 bits per heavy atom. The van der Waals surface area contributed by atoms with Crippen molar-refractivity contribution >= 4 is 39.7 Å². The van der Waals surface area contributed by atoms with Gasteiger partial charge >= 0.3 is 0 Å². The summed E-state index contributed by atoms with van der Waals surface area (Å²) < 4.78 is 31.8. The first-order chi connectivity index (χ1) is 15.3. The van der Waals surface area contributed by atoms with E-state index in [1.807, 2.05) is 31.2 Å². The molecule has 0 spiro atoms. The third kappa shape index (κ3) is 6.92. The Kier molecular flexibility index (Phi) is 8.46. The van der Waals surface area contributed by atoms with Crippen LogP contribution < -0.4 is 10.9 Å². The quantitative estimate of drug-likeness (QED) is 0.360. The molecule has 0 unspecified atom stereocenters. The highest BCUT2D eigenvalue weighted by atomic mass is 32.2. The molecular weight excluding hydrogens is 450 g/mol. The number of carbonyl (C=O) groups excluding carboxylic acids is 2. The van der Waals surface area contributed by atoms with Crippen LogP contribution in [0.5, 0.6) is 0 Å². The summed E-state index contributed by atoms with van der Waals surface area (Å²) in [6, 6.07) is 14.1. The smallest absolute Gasteiger partial charge is 0.262 e. The van der Waals surface area contributed by atoms with E-state index in [0.717, 1.165) is 10.5 Å². The molecule has 2 aromatic rings. The number of benzene rings is 2. The molecular formula is C22H25N3O5S2. The van der Waals surface area contributed by atoms with Gasteiger partial charge in [-0.15, -0.1) is 11.8 Å². The van der Waals surface area contributed by atoms with E-state index in [4.69, 9.17) is 4.74 Å². The van der Waals surface area contributed by atoms with Crippen molar-refractivity contribution in [3.05, 3.63) is 65.7 Å². The molecule has 1 aliphatic rings. The zero-order chi connectivity index (χ0) is 23.0. The lowest BCUT2D eigenvalue weighted by molar-refractivity contribution is -0.125. The van der Waals surface area contributed by atoms with Crippen molar-refractivity contribution in [2.45, 2.75) is 16.7 Å². The molecule has 2 aromatic carbocycles. The van der Waals surface area contributed by atoms with Gasteiger partial charge in [-0.05, 0) is 42.8 Å². The molecule has 3 rings (SSSR count). The Labute approximate surface area is 192 Å². The van der Waals surface area contributed by atoms with Gasteiger partial charge in [0.25, 0.3) is 5.91 Å². The average Bonchev–Trinajstić information content (AvgIpc) is 2.82. The van der Waals surface area contributed by atoms with E-state index in [2.05, 4.69) is 10.9 Å². The van der Waals surface area contributed by atoms with Gasteiger partial charge in [-0.25, -0.2) is 8.42 Å². The molecule has 0 saturated carbocycles. The predicted octanol–water partition coefficient (Wildman–Crippen LogP) is 1.97. The largest absolute Gasteiger partial charge is 0.379 e. The summed E-state index contributed by atoms with van der Waals surface area (Å²) in [5.41, 5.74) is 6.48. The third-order valence-corrected chi connectivity index (χ3v) is 7.56. The minimum absolute atomic E-state index is 0.173. The Morgan fingerprint density at radius 2 is 1.69 bits per heavy atom. The molecule has 0 aromatic heterocycles. The lowest BCUT2D eigenvalue weighted by Gasteiger charge is -2.26. The maximum absolute atomic E-state index is 12.6. The maximum atomic E-state index is 12.6. The fraction of sp³-hybridized carbons (Fsp3) is 0.273. The van der Waals surface area contributed by atoms with E-state index in [-0.39, 0.29) is 16.6 Å². The SMILES string of the molecule is Cc1ccc(SCC(=O)NNC(=O)/C=C/c2ccc(S(=O)(=O)N3CCOCC3)cc2)cc1. The van der Waals surface area contributed by atoms with Crippen LogP contribution in [0.3, 0.4) is 0 Å². The lowest BCUT2D eigenvalue weighted by atomic mass is 10.2. The van der Waals surface area contributed by atoms with Crippen LogP contribution in [-0.4, -0.2) is 56.6 Å². The van der Waals surface area contributed by atoms with E-state index in [1.165, 1.54) is 40.4 Å². The van der Waals surface area contributed by atoms with Crippen LogP contribution >= 0.6 is 11.8 Å². The second-order valence-corrected chi connectivity index (χ2v) is 10.0. The summed E-state index contributed by atoms with van der Waals surface area (Å²) in [6.45, 7) is 3.43. The minimum atomic E-state index is -3.56. The summed E-state index contributed by atoms with van der Waals surface area (Å²) in [6.07, 6.45) is 2.80. The molecule has 0 aliphatic carbocycles. The topological polar surface area (TPSA) is 105 Å². The Bertz CT molecular complexity index is 1060. The first-order valence-corrected chi connectivity index (χ1v) is 12.4. The van der Waals surface area contributed by atoms with Crippen molar-refractivity contribution < 1.29 is 22.7 Å². The van der Waals surface area contributed by atoms with Crippen molar-refractivity contribution in [1.29, 1.82) is 0 Å². The number of hydrogen-bond donors (Lipinski definition) is 2. The zero-order valence-electron chi connectivity index (χ0n) is 17.6. The van der Waals surface area contributed by atoms with E-state index in [0.29, 0.717) is 31.9 Å². The van der Waals surface area contributed by atoms with Crippen LogP contribution in [0.15, 0.2) is 64.4 Å². The number of morpholine rings is 1. The molecule has 0 atom stereocenters. The monoisotopic (exact) mass is 475 g/mol. The van der Waals surface area contributed by atoms with Gasteiger partial charge in [-0.2, -0.15) is 4.31 Å². The van der Waals surface area contributed by atoms with Gasteiger partial charge in [0.05, 0.1) is 23.9 Å². The van der Waals surface area contributed by atoms with Gasteiger partial charge in [0, 0.05) is 24.1 Å². The number of sulfonamides is 1. The normalized spacial score (nSPS) is 14.9. The summed E-state index contributed by atoms with van der Waals surface area (Å²) in [4.78, 5) is 25.0.